The predicted molar refractivity (Wildman–Crippen MR) is 90.4 cm³/mol. The molecule has 0 N–H and O–H groups in total. The van der Waals surface area contributed by atoms with Crippen molar-refractivity contribution >= 4 is 10.8 Å². The molecule has 0 atom stereocenters. The zero-order chi connectivity index (χ0) is 14.2. The molecule has 108 valence electrons. The molecule has 0 heteroatoms. The van der Waals surface area contributed by atoms with Crippen molar-refractivity contribution in [3.63, 3.8) is 0 Å². The first kappa shape index (κ1) is 15.1. The molecular weight excluding hydrogens is 240 g/mol. The lowest BCUT2D eigenvalue weighted by Gasteiger charge is -2.11. The first-order chi connectivity index (χ1) is 9.86. The molecule has 0 bridgehead atoms. The third-order valence-electron chi connectivity index (χ3n) is 4.20. The van der Waals surface area contributed by atoms with E-state index in [0.717, 1.165) is 0 Å². The zero-order valence-electron chi connectivity index (χ0n) is 13.1. The smallest absolute Gasteiger partial charge is 0.0149 e. The summed E-state index contributed by atoms with van der Waals surface area (Å²) in [7, 11) is 0. The van der Waals surface area contributed by atoms with Crippen LogP contribution in [-0.2, 0) is 12.8 Å². The van der Waals surface area contributed by atoms with Crippen LogP contribution < -0.4 is 0 Å². The van der Waals surface area contributed by atoms with Gasteiger partial charge in [-0.2, -0.15) is 0 Å². The van der Waals surface area contributed by atoms with Crippen molar-refractivity contribution in [3.05, 3.63) is 47.5 Å². The van der Waals surface area contributed by atoms with E-state index in [2.05, 4.69) is 50.2 Å². The Morgan fingerprint density at radius 1 is 0.600 bits per heavy atom. The maximum absolute atomic E-state index is 2.37. The maximum atomic E-state index is 2.37. The van der Waals surface area contributed by atoms with Gasteiger partial charge in [-0.15, -0.1) is 0 Å². The minimum Gasteiger partial charge on any atom is -0.0654 e. The Labute approximate surface area is 124 Å². The van der Waals surface area contributed by atoms with Crippen molar-refractivity contribution in [1.82, 2.24) is 0 Å². The molecule has 0 aliphatic carbocycles. The average molecular weight is 268 g/mol. The van der Waals surface area contributed by atoms with E-state index in [1.807, 2.05) is 0 Å². The fraction of sp³-hybridized carbons (Fsp3) is 0.500. The quantitative estimate of drug-likeness (QED) is 0.492. The molecule has 0 fully saturated rings. The summed E-state index contributed by atoms with van der Waals surface area (Å²) < 4.78 is 0. The van der Waals surface area contributed by atoms with Crippen LogP contribution in [-0.4, -0.2) is 0 Å². The van der Waals surface area contributed by atoms with Gasteiger partial charge in [0.25, 0.3) is 0 Å². The van der Waals surface area contributed by atoms with E-state index >= 15 is 0 Å². The van der Waals surface area contributed by atoms with Crippen LogP contribution in [0.2, 0.25) is 0 Å². The number of fused-ring (bicyclic) bond motifs is 1. The Balaban J connectivity index is 2.22. The summed E-state index contributed by atoms with van der Waals surface area (Å²) >= 11 is 0. The topological polar surface area (TPSA) is 0 Å². The Kier molecular flexibility index (Phi) is 6.11. The number of hydrogen-bond acceptors (Lipinski definition) is 0. The van der Waals surface area contributed by atoms with E-state index in [4.69, 9.17) is 0 Å². The van der Waals surface area contributed by atoms with Gasteiger partial charge >= 0.3 is 0 Å². The second-order valence-electron chi connectivity index (χ2n) is 5.84. The lowest BCUT2D eigenvalue weighted by atomic mass is 9.94. The van der Waals surface area contributed by atoms with E-state index in [9.17, 15) is 0 Å². The second kappa shape index (κ2) is 8.09. The molecule has 0 aliphatic rings. The summed E-state index contributed by atoms with van der Waals surface area (Å²) in [4.78, 5) is 0. The number of unbranched alkanes of at least 4 members (excludes halogenated alkanes) is 4. The summed E-state index contributed by atoms with van der Waals surface area (Å²) in [5.41, 5.74) is 3.07. The lowest BCUT2D eigenvalue weighted by molar-refractivity contribution is 0.715. The highest BCUT2D eigenvalue weighted by Gasteiger charge is 2.05. The Morgan fingerprint density at radius 2 is 1.05 bits per heavy atom. The standard InChI is InChI=1S/C20H28/c1-3-5-7-11-17-15-16-18(12-8-6-4-2)20-14-10-9-13-19(17)20/h9-10,13-16H,3-8,11-12H2,1-2H3. The number of aryl methyl sites for hydroxylation is 2. The van der Waals surface area contributed by atoms with Crippen molar-refractivity contribution in [2.45, 2.75) is 65.2 Å². The van der Waals surface area contributed by atoms with Gasteiger partial charge in [0.05, 0.1) is 0 Å². The molecule has 0 saturated carbocycles. The molecule has 0 heterocycles. The summed E-state index contributed by atoms with van der Waals surface area (Å²) in [5.74, 6) is 0. The van der Waals surface area contributed by atoms with Gasteiger partial charge in [0.15, 0.2) is 0 Å². The summed E-state index contributed by atoms with van der Waals surface area (Å²) in [5, 5.41) is 2.97. The van der Waals surface area contributed by atoms with Gasteiger partial charge in [0.1, 0.15) is 0 Å². The molecule has 0 saturated heterocycles. The van der Waals surface area contributed by atoms with Crippen LogP contribution in [0.5, 0.6) is 0 Å². The fourth-order valence-corrected chi connectivity index (χ4v) is 2.99. The van der Waals surface area contributed by atoms with E-state index in [1.165, 1.54) is 73.3 Å². The van der Waals surface area contributed by atoms with E-state index in [0.29, 0.717) is 0 Å². The van der Waals surface area contributed by atoms with E-state index in [1.54, 1.807) is 0 Å². The zero-order valence-corrected chi connectivity index (χ0v) is 13.1. The van der Waals surface area contributed by atoms with Crippen LogP contribution in [0.3, 0.4) is 0 Å². The van der Waals surface area contributed by atoms with Crippen LogP contribution in [0.4, 0.5) is 0 Å². The highest BCUT2D eigenvalue weighted by molar-refractivity contribution is 5.88. The molecule has 0 aliphatic heterocycles. The Bertz CT molecular complexity index is 476. The minimum atomic E-state index is 1.23. The molecule has 0 nitrogen and oxygen atoms in total. The highest BCUT2D eigenvalue weighted by atomic mass is 14.1. The molecule has 0 aromatic heterocycles. The summed E-state index contributed by atoms with van der Waals surface area (Å²) in [6.45, 7) is 4.55. The van der Waals surface area contributed by atoms with Crippen molar-refractivity contribution in [2.24, 2.45) is 0 Å². The van der Waals surface area contributed by atoms with Gasteiger partial charge in [-0.3, -0.25) is 0 Å². The summed E-state index contributed by atoms with van der Waals surface area (Å²) in [6, 6.07) is 13.7. The molecule has 0 amide bonds. The third kappa shape index (κ3) is 3.85. The van der Waals surface area contributed by atoms with Crippen molar-refractivity contribution in [3.8, 4) is 0 Å². The van der Waals surface area contributed by atoms with Crippen LogP contribution in [0.15, 0.2) is 36.4 Å². The van der Waals surface area contributed by atoms with Gasteiger partial charge in [-0.05, 0) is 47.6 Å². The molecule has 0 unspecified atom stereocenters. The van der Waals surface area contributed by atoms with Gasteiger partial charge in [0, 0.05) is 0 Å². The first-order valence-corrected chi connectivity index (χ1v) is 8.36. The fourth-order valence-electron chi connectivity index (χ4n) is 2.99. The van der Waals surface area contributed by atoms with Crippen LogP contribution in [0, 0.1) is 0 Å². The first-order valence-electron chi connectivity index (χ1n) is 8.36. The third-order valence-corrected chi connectivity index (χ3v) is 4.20. The predicted octanol–water partition coefficient (Wildman–Crippen LogP) is 6.31. The lowest BCUT2D eigenvalue weighted by Crippen LogP contribution is -1.93. The SMILES string of the molecule is CCCCCc1ccc(CCCCC)c2ccccc12. The summed E-state index contributed by atoms with van der Waals surface area (Å²) in [6.07, 6.45) is 10.4. The Morgan fingerprint density at radius 3 is 1.45 bits per heavy atom. The van der Waals surface area contributed by atoms with Gasteiger partial charge in [-0.25, -0.2) is 0 Å². The van der Waals surface area contributed by atoms with Crippen molar-refractivity contribution < 1.29 is 0 Å². The van der Waals surface area contributed by atoms with Gasteiger partial charge < -0.3 is 0 Å². The average Bonchev–Trinajstić information content (AvgIpc) is 2.49. The van der Waals surface area contributed by atoms with Gasteiger partial charge in [0.2, 0.25) is 0 Å². The van der Waals surface area contributed by atoms with E-state index in [-0.39, 0.29) is 0 Å². The van der Waals surface area contributed by atoms with Gasteiger partial charge in [-0.1, -0.05) is 75.9 Å². The van der Waals surface area contributed by atoms with E-state index < -0.39 is 0 Å². The van der Waals surface area contributed by atoms with Crippen LogP contribution >= 0.6 is 0 Å². The highest BCUT2D eigenvalue weighted by Crippen LogP contribution is 2.25. The molecule has 0 radical (unpaired) electrons. The number of benzene rings is 2. The molecule has 2 rings (SSSR count). The maximum Gasteiger partial charge on any atom is -0.0149 e. The largest absolute Gasteiger partial charge is 0.0654 e. The molecule has 20 heavy (non-hydrogen) atoms. The molecule has 0 spiro atoms. The molecular formula is C20H28. The van der Waals surface area contributed by atoms with Crippen molar-refractivity contribution in [1.29, 1.82) is 0 Å². The normalized spacial score (nSPS) is 11.1. The minimum absolute atomic E-state index is 1.23. The number of rotatable bonds is 8. The van der Waals surface area contributed by atoms with Crippen LogP contribution in [0.1, 0.15) is 63.5 Å². The van der Waals surface area contributed by atoms with Crippen LogP contribution in [0.25, 0.3) is 10.8 Å². The second-order valence-corrected chi connectivity index (χ2v) is 5.84. The number of hydrogen-bond donors (Lipinski definition) is 0. The molecule has 2 aromatic carbocycles. The van der Waals surface area contributed by atoms with Crippen molar-refractivity contribution in [2.75, 3.05) is 0 Å². The molecule has 2 aromatic rings. The Hall–Kier alpha value is -1.30. The monoisotopic (exact) mass is 268 g/mol.